The molecule has 1 aromatic heterocycles. The first kappa shape index (κ1) is 18.5. The monoisotopic (exact) mass is 399 g/mol. The molecule has 0 radical (unpaired) electrons. The largest absolute Gasteiger partial charge is 0.394 e. The van der Waals surface area contributed by atoms with Crippen molar-refractivity contribution in [3.63, 3.8) is 0 Å². The van der Waals surface area contributed by atoms with Gasteiger partial charge in [-0.1, -0.05) is 33.2 Å². The van der Waals surface area contributed by atoms with Crippen molar-refractivity contribution in [2.45, 2.75) is 38.3 Å². The number of aryl methyl sites for hydroxylation is 1. The summed E-state index contributed by atoms with van der Waals surface area (Å²) in [6, 6.07) is -0.564. The van der Waals surface area contributed by atoms with Crippen LogP contribution in [0.5, 0.6) is 0 Å². The molecule has 9 nitrogen and oxygen atoms in total. The Morgan fingerprint density at radius 2 is 2.29 bits per heavy atom. The van der Waals surface area contributed by atoms with E-state index in [-0.39, 0.29) is 25.1 Å². The fraction of sp³-hybridized carbons (Fsp3) is 0.571. The van der Waals surface area contributed by atoms with Crippen LogP contribution in [0.2, 0.25) is 0 Å². The Hall–Kier alpha value is -1.87. The van der Waals surface area contributed by atoms with Crippen molar-refractivity contribution in [1.29, 1.82) is 0 Å². The molecule has 0 unspecified atom stereocenters. The number of halogens is 1. The Morgan fingerprint density at radius 3 is 2.92 bits per heavy atom. The molecule has 0 aromatic carbocycles. The van der Waals surface area contributed by atoms with E-state index in [9.17, 15) is 14.7 Å². The number of aromatic nitrogens is 2. The van der Waals surface area contributed by atoms with Crippen LogP contribution < -0.4 is 11.2 Å². The summed E-state index contributed by atoms with van der Waals surface area (Å²) in [7, 11) is 0. The number of hydrogen-bond acceptors (Lipinski definition) is 5. The fourth-order valence-electron chi connectivity index (χ4n) is 2.61. The summed E-state index contributed by atoms with van der Waals surface area (Å²) in [6.45, 7) is 1.45. The van der Waals surface area contributed by atoms with Crippen LogP contribution in [-0.2, 0) is 11.3 Å². The smallest absolute Gasteiger partial charge is 0.333 e. The number of azide groups is 1. The number of aliphatic hydroxyl groups excluding tert-OH is 1. The topological polar surface area (TPSA) is 122 Å². The minimum atomic E-state index is -0.698. The van der Waals surface area contributed by atoms with Gasteiger partial charge in [-0.3, -0.25) is 13.9 Å². The lowest BCUT2D eigenvalue weighted by Gasteiger charge is -2.17. The fourth-order valence-corrected chi connectivity index (χ4v) is 2.87. The van der Waals surface area contributed by atoms with E-state index in [1.54, 1.807) is 19.1 Å². The third-order valence-electron chi connectivity index (χ3n) is 3.81. The molecular weight excluding hydrogens is 382 g/mol. The lowest BCUT2D eigenvalue weighted by Crippen LogP contribution is -2.41. The van der Waals surface area contributed by atoms with E-state index in [1.807, 2.05) is 0 Å². The second-order valence-corrected chi connectivity index (χ2v) is 6.01. The summed E-state index contributed by atoms with van der Waals surface area (Å²) < 4.78 is 8.06. The van der Waals surface area contributed by atoms with Crippen LogP contribution in [0.15, 0.2) is 33.1 Å². The molecule has 10 heteroatoms. The minimum Gasteiger partial charge on any atom is -0.394 e. The van der Waals surface area contributed by atoms with Gasteiger partial charge >= 0.3 is 5.69 Å². The molecule has 24 heavy (non-hydrogen) atoms. The summed E-state index contributed by atoms with van der Waals surface area (Å²) in [4.78, 5) is 27.6. The van der Waals surface area contributed by atoms with E-state index < -0.39 is 24.1 Å². The van der Waals surface area contributed by atoms with Gasteiger partial charge in [-0.2, -0.15) is 0 Å². The molecule has 1 fully saturated rings. The van der Waals surface area contributed by atoms with Gasteiger partial charge in [0.1, 0.15) is 6.23 Å². The standard InChI is InChI=1S/C14H18BrN5O4/c1-9-7-20(12-6-10(17-18-16)11(8-21)24-12)14(23)19(13(9)22)5-3-2-4-15/h2-3,7,10-12,21H,4-6,8H2,1H3/b3-2+/t10-,11+,12+/m0/s1. The van der Waals surface area contributed by atoms with Gasteiger partial charge in [-0.25, -0.2) is 4.79 Å². The number of nitrogens with zero attached hydrogens (tertiary/aromatic N) is 5. The lowest BCUT2D eigenvalue weighted by molar-refractivity contribution is -0.0277. The number of allylic oxidation sites excluding steroid dienone is 2. The summed E-state index contributed by atoms with van der Waals surface area (Å²) in [5, 5.41) is 13.6. The minimum absolute atomic E-state index is 0.154. The molecule has 2 rings (SSSR count). The molecule has 0 saturated carbocycles. The van der Waals surface area contributed by atoms with Crippen LogP contribution in [0.3, 0.4) is 0 Å². The molecule has 0 bridgehead atoms. The van der Waals surface area contributed by atoms with Crippen molar-refractivity contribution >= 4 is 15.9 Å². The van der Waals surface area contributed by atoms with Crippen molar-refractivity contribution < 1.29 is 9.84 Å². The molecule has 1 aliphatic rings. The first-order valence-electron chi connectivity index (χ1n) is 7.37. The zero-order chi connectivity index (χ0) is 17.7. The molecular formula is C14H18BrN5O4. The Kier molecular flexibility index (Phi) is 6.38. The normalized spacial score (nSPS) is 23.5. The highest BCUT2D eigenvalue weighted by Gasteiger charge is 2.36. The highest BCUT2D eigenvalue weighted by atomic mass is 79.9. The summed E-state index contributed by atoms with van der Waals surface area (Å²) in [5.41, 5.74) is 8.12. The van der Waals surface area contributed by atoms with Gasteiger partial charge in [-0.05, 0) is 12.5 Å². The Bertz CT molecular complexity index is 780. The zero-order valence-corrected chi connectivity index (χ0v) is 14.7. The van der Waals surface area contributed by atoms with Gasteiger partial charge in [0.25, 0.3) is 5.56 Å². The highest BCUT2D eigenvalue weighted by Crippen LogP contribution is 2.29. The van der Waals surface area contributed by atoms with E-state index >= 15 is 0 Å². The van der Waals surface area contributed by atoms with Crippen LogP contribution in [0, 0.1) is 6.92 Å². The maximum Gasteiger partial charge on any atom is 0.333 e. The van der Waals surface area contributed by atoms with Crippen molar-refractivity contribution in [2.75, 3.05) is 11.9 Å². The Morgan fingerprint density at radius 1 is 1.54 bits per heavy atom. The molecule has 2 heterocycles. The van der Waals surface area contributed by atoms with Crippen LogP contribution in [0.1, 0.15) is 18.2 Å². The number of alkyl halides is 1. The first-order valence-corrected chi connectivity index (χ1v) is 8.49. The third kappa shape index (κ3) is 3.78. The number of aliphatic hydroxyl groups is 1. The molecule has 0 amide bonds. The molecule has 1 aliphatic heterocycles. The lowest BCUT2D eigenvalue weighted by atomic mass is 10.1. The van der Waals surface area contributed by atoms with Crippen molar-refractivity contribution in [3.8, 4) is 0 Å². The van der Waals surface area contributed by atoms with Crippen LogP contribution >= 0.6 is 15.9 Å². The van der Waals surface area contributed by atoms with Crippen molar-refractivity contribution in [2.24, 2.45) is 5.11 Å². The van der Waals surface area contributed by atoms with Crippen molar-refractivity contribution in [3.05, 3.63) is 55.2 Å². The predicted molar refractivity (Wildman–Crippen MR) is 91.2 cm³/mol. The van der Waals surface area contributed by atoms with Gasteiger partial charge in [0.2, 0.25) is 0 Å². The molecule has 130 valence electrons. The maximum atomic E-state index is 12.6. The van der Waals surface area contributed by atoms with Gasteiger partial charge in [0.05, 0.1) is 18.8 Å². The molecule has 1 aromatic rings. The number of hydrogen-bond donors (Lipinski definition) is 1. The second kappa shape index (κ2) is 8.29. The van der Waals surface area contributed by atoms with Crippen LogP contribution in [0.4, 0.5) is 0 Å². The molecule has 1 N–H and O–H groups in total. The van der Waals surface area contributed by atoms with Crippen molar-refractivity contribution in [1.82, 2.24) is 9.13 Å². The average molecular weight is 400 g/mol. The highest BCUT2D eigenvalue weighted by molar-refractivity contribution is 9.09. The number of rotatable bonds is 6. The summed E-state index contributed by atoms with van der Waals surface area (Å²) in [6.07, 6.45) is 3.83. The molecule has 0 aliphatic carbocycles. The molecule has 1 saturated heterocycles. The van der Waals surface area contributed by atoms with E-state index in [2.05, 4.69) is 26.0 Å². The maximum absolute atomic E-state index is 12.6. The first-order chi connectivity index (χ1) is 11.5. The van der Waals surface area contributed by atoms with Gasteiger partial charge in [-0.15, -0.1) is 0 Å². The van der Waals surface area contributed by atoms with E-state index in [4.69, 9.17) is 10.3 Å². The SMILES string of the molecule is Cc1cn([C@H]2C[C@H](N=[N+]=[N-])[C@@H](CO)O2)c(=O)n(C/C=C/CBr)c1=O. The second-order valence-electron chi connectivity index (χ2n) is 5.36. The Balaban J connectivity index is 2.41. The van der Waals surface area contributed by atoms with Gasteiger partial charge < -0.3 is 9.84 Å². The zero-order valence-electron chi connectivity index (χ0n) is 13.1. The quantitative estimate of drug-likeness (QED) is 0.254. The van der Waals surface area contributed by atoms with E-state index in [0.717, 1.165) is 4.57 Å². The van der Waals surface area contributed by atoms with Crippen LogP contribution in [-0.4, -0.2) is 38.3 Å². The van der Waals surface area contributed by atoms with Crippen LogP contribution in [0.25, 0.3) is 10.4 Å². The van der Waals surface area contributed by atoms with E-state index in [0.29, 0.717) is 10.9 Å². The predicted octanol–water partition coefficient (Wildman–Crippen LogP) is 1.23. The average Bonchev–Trinajstić information content (AvgIpc) is 2.97. The Labute approximate surface area is 145 Å². The summed E-state index contributed by atoms with van der Waals surface area (Å²) in [5.74, 6) is 0. The molecule has 0 spiro atoms. The third-order valence-corrected chi connectivity index (χ3v) is 4.18. The van der Waals surface area contributed by atoms with Gasteiger partial charge in [0, 0.05) is 35.0 Å². The molecule has 3 atom stereocenters. The van der Waals surface area contributed by atoms with E-state index in [1.165, 1.54) is 10.8 Å². The summed E-state index contributed by atoms with van der Waals surface area (Å²) >= 11 is 3.24. The van der Waals surface area contributed by atoms with Gasteiger partial charge in [0.15, 0.2) is 0 Å². The number of ether oxygens (including phenoxy) is 1.